The van der Waals surface area contributed by atoms with Gasteiger partial charge in [-0.2, -0.15) is 0 Å². The van der Waals surface area contributed by atoms with Crippen LogP contribution in [0.3, 0.4) is 0 Å². The molecule has 1 atom stereocenters. The highest BCUT2D eigenvalue weighted by Crippen LogP contribution is 2.36. The van der Waals surface area contributed by atoms with Crippen molar-refractivity contribution >= 4 is 23.2 Å². The van der Waals surface area contributed by atoms with E-state index in [1.807, 2.05) is 30.5 Å². The third kappa shape index (κ3) is 1.82. The summed E-state index contributed by atoms with van der Waals surface area (Å²) in [6, 6.07) is 3.38. The Kier molecular flexibility index (Phi) is 3.03. The van der Waals surface area contributed by atoms with Crippen LogP contribution in [0.2, 0.25) is 5.02 Å². The number of rotatable bonds is 2. The number of hydrogen-bond acceptors (Lipinski definition) is 3. The van der Waals surface area contributed by atoms with E-state index >= 15 is 0 Å². The largest absolute Gasteiger partial charge is 0.324 e. The molecule has 20 heavy (non-hydrogen) atoms. The highest BCUT2D eigenvalue weighted by atomic mass is 35.5. The minimum atomic E-state index is -0.345. The van der Waals surface area contributed by atoms with Gasteiger partial charge in [-0.15, -0.1) is 0 Å². The zero-order chi connectivity index (χ0) is 14.4. The highest BCUT2D eigenvalue weighted by Gasteiger charge is 2.30. The first-order valence-electron chi connectivity index (χ1n) is 6.35. The predicted octanol–water partition coefficient (Wildman–Crippen LogP) is 2.36. The van der Waals surface area contributed by atoms with Gasteiger partial charge < -0.3 is 15.2 Å². The minimum absolute atomic E-state index is 0.0609. The quantitative estimate of drug-likeness (QED) is 0.892. The van der Waals surface area contributed by atoms with Gasteiger partial charge >= 0.3 is 0 Å². The number of carbonyl (C=O) groups is 1. The number of anilines is 1. The summed E-state index contributed by atoms with van der Waals surface area (Å²) < 4.78 is 1.93. The van der Waals surface area contributed by atoms with Crippen molar-refractivity contribution in [1.29, 1.82) is 0 Å². The van der Waals surface area contributed by atoms with Crippen LogP contribution in [0.15, 0.2) is 18.5 Å². The fourth-order valence-corrected chi connectivity index (χ4v) is 2.75. The zero-order valence-corrected chi connectivity index (χ0v) is 12.2. The first-order valence-corrected chi connectivity index (χ1v) is 6.73. The van der Waals surface area contributed by atoms with Crippen molar-refractivity contribution in [2.45, 2.75) is 19.9 Å². The summed E-state index contributed by atoms with van der Waals surface area (Å²) >= 11 is 6.38. The third-order valence-corrected chi connectivity index (χ3v) is 4.05. The molecule has 0 radical (unpaired) electrons. The Bertz CT molecular complexity index is 707. The Morgan fingerprint density at radius 3 is 2.75 bits per heavy atom. The van der Waals surface area contributed by atoms with Gasteiger partial charge in [0, 0.05) is 16.9 Å². The Morgan fingerprint density at radius 2 is 2.15 bits per heavy atom. The first kappa shape index (κ1) is 13.1. The number of amides is 1. The molecule has 2 N–H and O–H groups in total. The number of carbonyl (C=O) groups excluding carboxylic acids is 1. The predicted molar refractivity (Wildman–Crippen MR) is 78.5 cm³/mol. The molecule has 6 heteroatoms. The molecule has 0 saturated heterocycles. The van der Waals surface area contributed by atoms with Gasteiger partial charge in [-0.1, -0.05) is 11.6 Å². The fourth-order valence-electron chi connectivity index (χ4n) is 2.48. The van der Waals surface area contributed by atoms with E-state index in [1.165, 1.54) is 0 Å². The van der Waals surface area contributed by atoms with Gasteiger partial charge in [0.15, 0.2) is 0 Å². The fraction of sp³-hybridized carbons (Fsp3) is 0.286. The Morgan fingerprint density at radius 1 is 1.40 bits per heavy atom. The van der Waals surface area contributed by atoms with Gasteiger partial charge in [0.1, 0.15) is 6.04 Å². The van der Waals surface area contributed by atoms with Crippen molar-refractivity contribution in [3.8, 4) is 5.69 Å². The molecule has 1 amide bonds. The Labute approximate surface area is 122 Å². The molecule has 1 aromatic heterocycles. The summed E-state index contributed by atoms with van der Waals surface area (Å²) in [5.74, 6) is -0.0609. The average molecular weight is 291 g/mol. The molecule has 1 aliphatic rings. The van der Waals surface area contributed by atoms with E-state index < -0.39 is 0 Å². The van der Waals surface area contributed by atoms with Gasteiger partial charge in [-0.05, 0) is 33.0 Å². The molecule has 3 rings (SSSR count). The summed E-state index contributed by atoms with van der Waals surface area (Å²) in [5.41, 5.74) is 4.47. The number of nitrogens with zero attached hydrogens (tertiary/aromatic N) is 2. The molecule has 2 aromatic rings. The standard InChI is InChI=1S/C14H15ClN4O/c1-7-8(2)19(6-17-7)12-5-11-9(4-10(12)15)13(16-3)14(20)18-11/h4-6,13,16H,1-3H3,(H,18,20). The second-order valence-electron chi connectivity index (χ2n) is 4.89. The smallest absolute Gasteiger partial charge is 0.246 e. The van der Waals surface area contributed by atoms with Crippen molar-refractivity contribution in [3.05, 3.63) is 40.4 Å². The third-order valence-electron chi connectivity index (χ3n) is 3.75. The minimum Gasteiger partial charge on any atom is -0.324 e. The molecule has 0 bridgehead atoms. The summed E-state index contributed by atoms with van der Waals surface area (Å²) in [5, 5.41) is 6.45. The lowest BCUT2D eigenvalue weighted by Gasteiger charge is -2.12. The van der Waals surface area contributed by atoms with Gasteiger partial charge in [0.25, 0.3) is 0 Å². The van der Waals surface area contributed by atoms with Crippen LogP contribution in [-0.4, -0.2) is 22.5 Å². The van der Waals surface area contributed by atoms with Crippen molar-refractivity contribution in [2.24, 2.45) is 0 Å². The van der Waals surface area contributed by atoms with Crippen LogP contribution in [0.5, 0.6) is 0 Å². The normalized spacial score (nSPS) is 17.2. The van der Waals surface area contributed by atoms with Crippen LogP contribution >= 0.6 is 11.6 Å². The number of hydrogen-bond donors (Lipinski definition) is 2. The zero-order valence-electron chi connectivity index (χ0n) is 11.5. The molecule has 0 saturated carbocycles. The lowest BCUT2D eigenvalue weighted by atomic mass is 10.1. The topological polar surface area (TPSA) is 59.0 Å². The monoisotopic (exact) mass is 290 g/mol. The molecule has 1 aromatic carbocycles. The maximum absolute atomic E-state index is 11.9. The van der Waals surface area contributed by atoms with E-state index in [0.717, 1.165) is 28.3 Å². The van der Waals surface area contributed by atoms with E-state index in [4.69, 9.17) is 11.6 Å². The second kappa shape index (κ2) is 4.61. The molecule has 1 aliphatic heterocycles. The lowest BCUT2D eigenvalue weighted by molar-refractivity contribution is -0.117. The second-order valence-corrected chi connectivity index (χ2v) is 5.29. The van der Waals surface area contributed by atoms with Gasteiger partial charge in [-0.3, -0.25) is 4.79 Å². The van der Waals surface area contributed by atoms with Crippen LogP contribution in [0.25, 0.3) is 5.69 Å². The summed E-state index contributed by atoms with van der Waals surface area (Å²) in [4.78, 5) is 16.1. The van der Waals surface area contributed by atoms with E-state index in [9.17, 15) is 4.79 Å². The maximum Gasteiger partial charge on any atom is 0.246 e. The molecule has 5 nitrogen and oxygen atoms in total. The average Bonchev–Trinajstić information content (AvgIpc) is 2.89. The van der Waals surface area contributed by atoms with Crippen LogP contribution in [-0.2, 0) is 4.79 Å². The number of fused-ring (bicyclic) bond motifs is 1. The first-order chi connectivity index (χ1) is 9.52. The van der Waals surface area contributed by atoms with Crippen LogP contribution < -0.4 is 10.6 Å². The number of halogens is 1. The molecule has 104 valence electrons. The van der Waals surface area contributed by atoms with Crippen LogP contribution in [0, 0.1) is 13.8 Å². The Balaban J connectivity index is 2.15. The van der Waals surface area contributed by atoms with Crippen molar-refractivity contribution in [1.82, 2.24) is 14.9 Å². The number of aromatic nitrogens is 2. The van der Waals surface area contributed by atoms with Crippen molar-refractivity contribution < 1.29 is 4.79 Å². The van der Waals surface area contributed by atoms with E-state index in [0.29, 0.717) is 5.02 Å². The summed E-state index contributed by atoms with van der Waals surface area (Å²) in [7, 11) is 1.75. The molecule has 1 unspecified atom stereocenters. The van der Waals surface area contributed by atoms with Gasteiger partial charge in [0.2, 0.25) is 5.91 Å². The van der Waals surface area contributed by atoms with Crippen LogP contribution in [0.4, 0.5) is 5.69 Å². The number of imidazole rings is 1. The highest BCUT2D eigenvalue weighted by molar-refractivity contribution is 6.32. The number of nitrogens with one attached hydrogen (secondary N) is 2. The van der Waals surface area contributed by atoms with Gasteiger partial charge in [0.05, 0.1) is 22.7 Å². The van der Waals surface area contributed by atoms with E-state index in [2.05, 4.69) is 15.6 Å². The lowest BCUT2D eigenvalue weighted by Crippen LogP contribution is -2.23. The SMILES string of the molecule is CNC1C(=O)Nc2cc(-n3cnc(C)c3C)c(Cl)cc21. The van der Waals surface area contributed by atoms with Crippen LogP contribution in [0.1, 0.15) is 23.0 Å². The van der Waals surface area contributed by atoms with Crippen molar-refractivity contribution in [2.75, 3.05) is 12.4 Å². The van der Waals surface area contributed by atoms with E-state index in [1.54, 1.807) is 13.4 Å². The molecular weight excluding hydrogens is 276 g/mol. The number of benzene rings is 1. The Hall–Kier alpha value is -1.85. The molecule has 0 fully saturated rings. The maximum atomic E-state index is 11.9. The summed E-state index contributed by atoms with van der Waals surface area (Å²) in [6.07, 6.45) is 1.74. The number of aryl methyl sites for hydroxylation is 1. The molecular formula is C14H15ClN4O. The summed E-state index contributed by atoms with van der Waals surface area (Å²) in [6.45, 7) is 3.94. The molecule has 2 heterocycles. The van der Waals surface area contributed by atoms with Gasteiger partial charge in [-0.25, -0.2) is 4.98 Å². The molecule has 0 spiro atoms. The van der Waals surface area contributed by atoms with Crippen molar-refractivity contribution in [3.63, 3.8) is 0 Å². The molecule has 0 aliphatic carbocycles. The number of likely N-dealkylation sites (N-methyl/N-ethyl adjacent to an activating group) is 1. The van der Waals surface area contributed by atoms with E-state index in [-0.39, 0.29) is 11.9 Å².